The van der Waals surface area contributed by atoms with Crippen molar-refractivity contribution in [2.75, 3.05) is 0 Å². The van der Waals surface area contributed by atoms with Gasteiger partial charge in [-0.1, -0.05) is 103 Å². The number of carbonyl (C=O) groups is 4. The molecule has 1 saturated heterocycles. The summed E-state index contributed by atoms with van der Waals surface area (Å²) in [6, 6.07) is 31.5. The molecule has 1 aliphatic heterocycles. The van der Waals surface area contributed by atoms with E-state index in [1.807, 2.05) is 97.1 Å². The van der Waals surface area contributed by atoms with E-state index in [1.165, 1.54) is 11.0 Å². The molecule has 1 aromatic heterocycles. The minimum atomic E-state index is -1.36. The van der Waals surface area contributed by atoms with E-state index in [4.69, 9.17) is 4.42 Å². The number of imide groups is 1. The van der Waals surface area contributed by atoms with Crippen molar-refractivity contribution in [2.24, 2.45) is 23.7 Å². The monoisotopic (exact) mass is 623 g/mol. The highest BCUT2D eigenvalue weighted by molar-refractivity contribution is 6.31. The van der Waals surface area contributed by atoms with Gasteiger partial charge in [-0.25, -0.2) is 0 Å². The van der Waals surface area contributed by atoms with Gasteiger partial charge in [0.25, 0.3) is 0 Å². The van der Waals surface area contributed by atoms with Crippen LogP contribution >= 0.6 is 0 Å². The van der Waals surface area contributed by atoms with E-state index in [2.05, 4.69) is 0 Å². The number of aliphatic hydroxyl groups is 1. The number of Topliss-reactive ketones (excluding diaryl/α,β-unsaturated/α-hetero) is 1. The first-order valence-electron chi connectivity index (χ1n) is 16.1. The molecule has 4 aliphatic rings. The first kappa shape index (κ1) is 29.3. The largest absolute Gasteiger partial charge is 0.463 e. The fraction of sp³-hybridized carbons (Fsp3) is 0.250. The van der Waals surface area contributed by atoms with Gasteiger partial charge in [-0.2, -0.15) is 0 Å². The van der Waals surface area contributed by atoms with Crippen molar-refractivity contribution in [2.45, 2.75) is 37.3 Å². The van der Waals surface area contributed by atoms with Crippen LogP contribution in [-0.4, -0.2) is 33.4 Å². The summed E-state index contributed by atoms with van der Waals surface area (Å²) in [5.41, 5.74) is 2.05. The van der Waals surface area contributed by atoms with Gasteiger partial charge in [0, 0.05) is 11.5 Å². The number of aliphatic hydroxyl groups excluding tert-OH is 1. The zero-order valence-electron chi connectivity index (χ0n) is 25.6. The number of allylic oxidation sites excluding steroid dienone is 4. The van der Waals surface area contributed by atoms with Gasteiger partial charge in [-0.05, 0) is 53.7 Å². The number of rotatable bonds is 6. The Labute approximate surface area is 272 Å². The molecule has 1 saturated carbocycles. The van der Waals surface area contributed by atoms with Crippen molar-refractivity contribution in [3.8, 4) is 0 Å². The first-order chi connectivity index (χ1) is 22.9. The molecule has 2 amide bonds. The molecular weight excluding hydrogens is 590 g/mol. The van der Waals surface area contributed by atoms with Crippen LogP contribution < -0.4 is 0 Å². The Kier molecular flexibility index (Phi) is 7.03. The van der Waals surface area contributed by atoms with E-state index in [0.717, 1.165) is 11.1 Å². The number of hydrogen-bond acceptors (Lipinski definition) is 6. The highest BCUT2D eigenvalue weighted by atomic mass is 16.4. The Balaban J connectivity index is 1.32. The third-order valence-corrected chi connectivity index (χ3v) is 10.8. The zero-order valence-corrected chi connectivity index (χ0v) is 25.6. The standard InChI is InChI=1S/C40H33NO6/c42-23-27-16-19-33(47-27)36-28-17-18-29-35(39(46)41(38(29)45)22-24-10-4-1-5-11-24)31(28)20-32-37(44)30(25-12-6-2-7-13-25)21-34(43)40(32,36)26-14-8-3-9-15-26/h1-17,19,21,29,31-32,35-36,42H,18,20,22-23H2. The zero-order chi connectivity index (χ0) is 32.3. The molecule has 6 atom stereocenters. The molecule has 2 fully saturated rings. The molecule has 0 bridgehead atoms. The van der Waals surface area contributed by atoms with Crippen molar-refractivity contribution in [1.82, 2.24) is 4.90 Å². The summed E-state index contributed by atoms with van der Waals surface area (Å²) in [4.78, 5) is 59.3. The Morgan fingerprint density at radius 1 is 0.787 bits per heavy atom. The SMILES string of the molecule is O=C1C(c2ccccc2)=CC(=O)C2(c3ccccc3)C1CC1C(=CCC3C(=O)N(Cc4ccccc4)C(=O)C31)C2c1ccc(CO)o1. The van der Waals surface area contributed by atoms with Crippen molar-refractivity contribution >= 4 is 29.0 Å². The number of furan rings is 1. The summed E-state index contributed by atoms with van der Waals surface area (Å²) in [6.07, 6.45) is 4.09. The van der Waals surface area contributed by atoms with Crippen LogP contribution in [0.1, 0.15) is 47.0 Å². The lowest BCUT2D eigenvalue weighted by atomic mass is 9.45. The molecule has 0 spiro atoms. The highest BCUT2D eigenvalue weighted by Gasteiger charge is 2.66. The van der Waals surface area contributed by atoms with Gasteiger partial charge in [-0.15, -0.1) is 0 Å². The van der Waals surface area contributed by atoms with Gasteiger partial charge in [0.15, 0.2) is 11.6 Å². The van der Waals surface area contributed by atoms with Crippen LogP contribution in [0.2, 0.25) is 0 Å². The number of fused-ring (bicyclic) bond motifs is 4. The second-order valence-corrected chi connectivity index (χ2v) is 13.0. The summed E-state index contributed by atoms with van der Waals surface area (Å²) in [5.74, 6) is -3.27. The van der Waals surface area contributed by atoms with Gasteiger partial charge in [0.2, 0.25) is 11.8 Å². The van der Waals surface area contributed by atoms with Gasteiger partial charge in [0.1, 0.15) is 18.1 Å². The molecule has 2 heterocycles. The number of likely N-dealkylation sites (tertiary alicyclic amines) is 1. The Hall–Kier alpha value is -5.14. The lowest BCUT2D eigenvalue weighted by Crippen LogP contribution is -2.58. The first-order valence-corrected chi connectivity index (χ1v) is 16.1. The lowest BCUT2D eigenvalue weighted by Gasteiger charge is -2.54. The number of hydrogen-bond donors (Lipinski definition) is 1. The fourth-order valence-electron chi connectivity index (χ4n) is 8.80. The second-order valence-electron chi connectivity index (χ2n) is 13.0. The summed E-state index contributed by atoms with van der Waals surface area (Å²) in [6.45, 7) is -0.140. The topological polar surface area (TPSA) is 105 Å². The van der Waals surface area contributed by atoms with Gasteiger partial charge in [0.05, 0.1) is 29.7 Å². The van der Waals surface area contributed by atoms with Gasteiger partial charge in [-0.3, -0.25) is 24.1 Å². The predicted octanol–water partition coefficient (Wildman–Crippen LogP) is 5.80. The normalized spacial score (nSPS) is 28.4. The molecule has 234 valence electrons. The minimum absolute atomic E-state index is 0.169. The summed E-state index contributed by atoms with van der Waals surface area (Å²) >= 11 is 0. The lowest BCUT2D eigenvalue weighted by molar-refractivity contribution is -0.141. The number of carbonyl (C=O) groups excluding carboxylic acids is 4. The van der Waals surface area contributed by atoms with Crippen LogP contribution in [-0.2, 0) is 37.7 Å². The van der Waals surface area contributed by atoms with Crippen molar-refractivity contribution in [1.29, 1.82) is 0 Å². The third kappa shape index (κ3) is 4.37. The molecule has 6 unspecified atom stereocenters. The third-order valence-electron chi connectivity index (χ3n) is 10.8. The minimum Gasteiger partial charge on any atom is -0.463 e. The number of benzene rings is 3. The maximum atomic E-state index is 14.9. The van der Waals surface area contributed by atoms with Crippen LogP contribution in [0.25, 0.3) is 5.57 Å². The van der Waals surface area contributed by atoms with E-state index in [0.29, 0.717) is 34.6 Å². The van der Waals surface area contributed by atoms with Gasteiger partial charge >= 0.3 is 0 Å². The van der Waals surface area contributed by atoms with Crippen LogP contribution in [0.15, 0.2) is 125 Å². The van der Waals surface area contributed by atoms with Crippen LogP contribution in [0, 0.1) is 23.7 Å². The van der Waals surface area contributed by atoms with Crippen LogP contribution in [0.3, 0.4) is 0 Å². The molecular formula is C40H33NO6. The second kappa shape index (κ2) is 11.3. The molecule has 1 N–H and O–H groups in total. The number of nitrogens with zero attached hydrogens (tertiary/aromatic N) is 1. The Bertz CT molecular complexity index is 1960. The molecule has 8 rings (SSSR count). The molecule has 47 heavy (non-hydrogen) atoms. The van der Waals surface area contributed by atoms with Crippen molar-refractivity contribution in [3.05, 3.63) is 149 Å². The smallest absolute Gasteiger partial charge is 0.234 e. The summed E-state index contributed by atoms with van der Waals surface area (Å²) in [5, 5.41) is 9.96. The molecule has 7 heteroatoms. The maximum Gasteiger partial charge on any atom is 0.234 e. The number of amides is 2. The van der Waals surface area contributed by atoms with E-state index in [-0.39, 0.29) is 43.0 Å². The van der Waals surface area contributed by atoms with Gasteiger partial charge < -0.3 is 9.52 Å². The highest BCUT2D eigenvalue weighted by Crippen LogP contribution is 2.63. The average molecular weight is 624 g/mol. The van der Waals surface area contributed by atoms with Crippen molar-refractivity contribution < 1.29 is 28.7 Å². The van der Waals surface area contributed by atoms with Crippen LogP contribution in [0.5, 0.6) is 0 Å². The maximum absolute atomic E-state index is 14.9. The van der Waals surface area contributed by atoms with E-state index in [1.54, 1.807) is 12.1 Å². The fourth-order valence-corrected chi connectivity index (χ4v) is 8.80. The quantitative estimate of drug-likeness (QED) is 0.215. The van der Waals surface area contributed by atoms with E-state index in [9.17, 15) is 24.3 Å². The summed E-state index contributed by atoms with van der Waals surface area (Å²) in [7, 11) is 0. The summed E-state index contributed by atoms with van der Waals surface area (Å²) < 4.78 is 6.23. The molecule has 3 aromatic carbocycles. The molecule has 4 aromatic rings. The van der Waals surface area contributed by atoms with E-state index < -0.39 is 35.0 Å². The molecule has 0 radical (unpaired) electrons. The molecule has 3 aliphatic carbocycles. The Morgan fingerprint density at radius 2 is 1.47 bits per heavy atom. The predicted molar refractivity (Wildman–Crippen MR) is 173 cm³/mol. The Morgan fingerprint density at radius 3 is 2.15 bits per heavy atom. The average Bonchev–Trinajstić information content (AvgIpc) is 3.69. The molecule has 7 nitrogen and oxygen atoms in total. The number of ketones is 2. The van der Waals surface area contributed by atoms with E-state index >= 15 is 0 Å². The van der Waals surface area contributed by atoms with Crippen molar-refractivity contribution in [3.63, 3.8) is 0 Å². The van der Waals surface area contributed by atoms with Crippen LogP contribution in [0.4, 0.5) is 0 Å².